The second-order valence-electron chi connectivity index (χ2n) is 8.42. The first-order chi connectivity index (χ1) is 16.6. The van der Waals surface area contributed by atoms with Gasteiger partial charge in [0.1, 0.15) is 12.0 Å². The first kappa shape index (κ1) is 22.0. The highest BCUT2D eigenvalue weighted by Crippen LogP contribution is 2.31. The van der Waals surface area contributed by atoms with Gasteiger partial charge in [0.2, 0.25) is 0 Å². The molecule has 174 valence electrons. The number of carbonyl (C=O) groups excluding carboxylic acids is 1. The van der Waals surface area contributed by atoms with Crippen molar-refractivity contribution in [1.82, 2.24) is 29.8 Å². The van der Waals surface area contributed by atoms with Gasteiger partial charge in [0, 0.05) is 32.0 Å². The van der Waals surface area contributed by atoms with Crippen molar-refractivity contribution in [3.8, 4) is 17.2 Å². The Kier molecular flexibility index (Phi) is 5.93. The lowest BCUT2D eigenvalue weighted by molar-refractivity contribution is 0.0732. The third-order valence-corrected chi connectivity index (χ3v) is 6.37. The monoisotopic (exact) mass is 458 g/mol. The fourth-order valence-corrected chi connectivity index (χ4v) is 4.36. The molecular formula is C25H26N6O3. The molecule has 0 aliphatic heterocycles. The highest BCUT2D eigenvalue weighted by atomic mass is 16.5. The van der Waals surface area contributed by atoms with E-state index in [9.17, 15) is 4.79 Å². The van der Waals surface area contributed by atoms with Gasteiger partial charge in [0.15, 0.2) is 0 Å². The lowest BCUT2D eigenvalue weighted by atomic mass is 10.0. The van der Waals surface area contributed by atoms with Crippen molar-refractivity contribution in [1.29, 1.82) is 0 Å². The number of carbonyl (C=O) groups is 1. The zero-order valence-electron chi connectivity index (χ0n) is 19.4. The Balaban J connectivity index is 1.54. The molecule has 0 N–H and O–H groups in total. The summed E-state index contributed by atoms with van der Waals surface area (Å²) in [6.45, 7) is 2.08. The lowest BCUT2D eigenvalue weighted by Crippen LogP contribution is -2.30. The predicted octanol–water partition coefficient (Wildman–Crippen LogP) is 3.79. The maximum absolute atomic E-state index is 13.4. The van der Waals surface area contributed by atoms with Crippen LogP contribution >= 0.6 is 0 Å². The molecular weight excluding hydrogens is 432 g/mol. The summed E-state index contributed by atoms with van der Waals surface area (Å²) in [4.78, 5) is 24.5. The predicted molar refractivity (Wildman–Crippen MR) is 124 cm³/mol. The standard InChI is InChI=1S/C25H26N6O3/c1-16(21-11-12-34-29-21)30(2)24(32)20-14-27-31(22(20)15-33-3)25-26-13-18-9-6-8-17-7-4-5-10-19(17)23(18)28-25/h4-5,7,10-14,16H,6,8-9,15H2,1-3H3/t16-/m1/s1. The van der Waals surface area contributed by atoms with Gasteiger partial charge >= 0.3 is 0 Å². The van der Waals surface area contributed by atoms with Gasteiger partial charge in [-0.15, -0.1) is 0 Å². The molecule has 34 heavy (non-hydrogen) atoms. The Bertz CT molecular complexity index is 1310. The molecule has 1 amide bonds. The van der Waals surface area contributed by atoms with Crippen molar-refractivity contribution in [2.45, 2.75) is 38.8 Å². The Morgan fingerprint density at radius 1 is 1.21 bits per heavy atom. The number of amides is 1. The van der Waals surface area contributed by atoms with Crippen LogP contribution in [0, 0.1) is 0 Å². The summed E-state index contributed by atoms with van der Waals surface area (Å²) in [5.41, 5.74) is 6.13. The molecule has 1 aromatic carbocycles. The number of ether oxygens (including phenoxy) is 1. The van der Waals surface area contributed by atoms with Crippen LogP contribution in [0.1, 0.15) is 52.3 Å². The SMILES string of the molecule is COCc1c(C(=O)N(C)[C@H](C)c2ccon2)cnn1-c1ncc2c(n1)-c1ccccc1CCC2. The van der Waals surface area contributed by atoms with Gasteiger partial charge in [-0.25, -0.2) is 9.97 Å². The molecule has 0 bridgehead atoms. The van der Waals surface area contributed by atoms with Crippen LogP contribution in [0.15, 0.2) is 53.5 Å². The lowest BCUT2D eigenvalue weighted by Gasteiger charge is -2.23. The quantitative estimate of drug-likeness (QED) is 0.433. The number of nitrogens with zero attached hydrogens (tertiary/aromatic N) is 6. The Morgan fingerprint density at radius 3 is 2.82 bits per heavy atom. The van der Waals surface area contributed by atoms with E-state index in [0.717, 1.165) is 36.1 Å². The van der Waals surface area contributed by atoms with Gasteiger partial charge in [-0.05, 0) is 37.3 Å². The number of fused-ring (bicyclic) bond motifs is 3. The molecule has 1 aliphatic carbocycles. The van der Waals surface area contributed by atoms with Crippen LogP contribution in [0.3, 0.4) is 0 Å². The minimum Gasteiger partial charge on any atom is -0.378 e. The van der Waals surface area contributed by atoms with Crippen LogP contribution in [0.2, 0.25) is 0 Å². The summed E-state index contributed by atoms with van der Waals surface area (Å²) < 4.78 is 12.0. The van der Waals surface area contributed by atoms with E-state index in [-0.39, 0.29) is 18.6 Å². The summed E-state index contributed by atoms with van der Waals surface area (Å²) in [7, 11) is 3.31. The minimum atomic E-state index is -0.273. The van der Waals surface area contributed by atoms with E-state index in [4.69, 9.17) is 14.2 Å². The summed E-state index contributed by atoms with van der Waals surface area (Å²) in [6.07, 6.45) is 7.89. The Morgan fingerprint density at radius 2 is 2.03 bits per heavy atom. The molecule has 0 radical (unpaired) electrons. The molecule has 1 aliphatic rings. The van der Waals surface area contributed by atoms with E-state index in [1.165, 1.54) is 11.8 Å². The highest BCUT2D eigenvalue weighted by Gasteiger charge is 2.27. The molecule has 5 rings (SSSR count). The number of benzene rings is 1. The third-order valence-electron chi connectivity index (χ3n) is 6.37. The van der Waals surface area contributed by atoms with Crippen molar-refractivity contribution in [3.05, 3.63) is 77.1 Å². The molecule has 0 saturated carbocycles. The van der Waals surface area contributed by atoms with E-state index < -0.39 is 0 Å². The molecule has 0 fully saturated rings. The third kappa shape index (κ3) is 3.88. The fourth-order valence-electron chi connectivity index (χ4n) is 4.36. The first-order valence-corrected chi connectivity index (χ1v) is 11.3. The van der Waals surface area contributed by atoms with Crippen LogP contribution in [-0.4, -0.2) is 49.9 Å². The maximum Gasteiger partial charge on any atom is 0.257 e. The summed E-state index contributed by atoms with van der Waals surface area (Å²) in [6, 6.07) is 9.82. The molecule has 4 aromatic rings. The number of aryl methyl sites for hydroxylation is 2. The van der Waals surface area contributed by atoms with Crippen LogP contribution in [-0.2, 0) is 24.2 Å². The van der Waals surface area contributed by atoms with Gasteiger partial charge in [0.05, 0.1) is 35.8 Å². The van der Waals surface area contributed by atoms with E-state index in [1.54, 1.807) is 36.0 Å². The Hall–Kier alpha value is -3.85. The molecule has 0 saturated heterocycles. The van der Waals surface area contributed by atoms with Gasteiger partial charge < -0.3 is 14.2 Å². The fraction of sp³-hybridized carbons (Fsp3) is 0.320. The van der Waals surface area contributed by atoms with Gasteiger partial charge in [-0.3, -0.25) is 4.79 Å². The van der Waals surface area contributed by atoms with Gasteiger partial charge in [-0.1, -0.05) is 29.4 Å². The normalized spacial score (nSPS) is 13.6. The van der Waals surface area contributed by atoms with Crippen LogP contribution in [0.25, 0.3) is 17.2 Å². The van der Waals surface area contributed by atoms with E-state index in [2.05, 4.69) is 33.4 Å². The summed E-state index contributed by atoms with van der Waals surface area (Å²) >= 11 is 0. The first-order valence-electron chi connectivity index (χ1n) is 11.3. The van der Waals surface area contributed by atoms with Crippen LogP contribution in [0.5, 0.6) is 0 Å². The van der Waals surface area contributed by atoms with Crippen molar-refractivity contribution < 1.29 is 14.1 Å². The van der Waals surface area contributed by atoms with E-state index >= 15 is 0 Å². The summed E-state index contributed by atoms with van der Waals surface area (Å²) in [5, 5.41) is 8.45. The highest BCUT2D eigenvalue weighted by molar-refractivity contribution is 5.95. The van der Waals surface area contributed by atoms with E-state index in [1.807, 2.05) is 19.2 Å². The number of aromatic nitrogens is 5. The molecule has 0 unspecified atom stereocenters. The minimum absolute atomic E-state index is 0.185. The zero-order chi connectivity index (χ0) is 23.7. The number of hydrogen-bond donors (Lipinski definition) is 0. The molecule has 9 heteroatoms. The van der Waals surface area contributed by atoms with Crippen LogP contribution < -0.4 is 0 Å². The average molecular weight is 459 g/mol. The maximum atomic E-state index is 13.4. The molecule has 1 atom stereocenters. The molecule has 9 nitrogen and oxygen atoms in total. The Labute approximate surface area is 197 Å². The number of methoxy groups -OCH3 is 1. The smallest absolute Gasteiger partial charge is 0.257 e. The van der Waals surface area contributed by atoms with Crippen molar-refractivity contribution in [2.24, 2.45) is 0 Å². The average Bonchev–Trinajstić information content (AvgIpc) is 3.50. The van der Waals surface area contributed by atoms with Crippen molar-refractivity contribution in [2.75, 3.05) is 14.2 Å². The topological polar surface area (TPSA) is 99.2 Å². The second kappa shape index (κ2) is 9.18. The van der Waals surface area contributed by atoms with Crippen molar-refractivity contribution in [3.63, 3.8) is 0 Å². The van der Waals surface area contributed by atoms with E-state index in [0.29, 0.717) is 22.9 Å². The zero-order valence-corrected chi connectivity index (χ0v) is 19.4. The molecule has 3 aromatic heterocycles. The molecule has 3 heterocycles. The van der Waals surface area contributed by atoms with Crippen LogP contribution in [0.4, 0.5) is 0 Å². The van der Waals surface area contributed by atoms with Gasteiger partial charge in [-0.2, -0.15) is 9.78 Å². The second-order valence-corrected chi connectivity index (χ2v) is 8.42. The van der Waals surface area contributed by atoms with Crippen molar-refractivity contribution >= 4 is 5.91 Å². The molecule has 0 spiro atoms. The largest absolute Gasteiger partial charge is 0.378 e. The number of hydrogen-bond acceptors (Lipinski definition) is 7. The summed E-state index contributed by atoms with van der Waals surface area (Å²) in [5.74, 6) is 0.211. The number of rotatable bonds is 6. The van der Waals surface area contributed by atoms with Gasteiger partial charge in [0.25, 0.3) is 11.9 Å².